The SMILES string of the molecule is COCCN(CC1CCCN1)C(=O)N1CCCC(C)C1. The van der Waals surface area contributed by atoms with Gasteiger partial charge in [0.2, 0.25) is 0 Å². The number of hydrogen-bond donors (Lipinski definition) is 1. The van der Waals surface area contributed by atoms with Crippen molar-refractivity contribution in [1.82, 2.24) is 15.1 Å². The highest BCUT2D eigenvalue weighted by Crippen LogP contribution is 2.17. The van der Waals surface area contributed by atoms with E-state index in [0.717, 1.165) is 32.6 Å². The van der Waals surface area contributed by atoms with Gasteiger partial charge in [0.15, 0.2) is 0 Å². The maximum absolute atomic E-state index is 12.7. The molecule has 0 saturated carbocycles. The Kier molecular flexibility index (Phi) is 6.10. The number of rotatable bonds is 5. The van der Waals surface area contributed by atoms with Gasteiger partial charge in [0.1, 0.15) is 0 Å². The number of methoxy groups -OCH3 is 1. The predicted molar refractivity (Wildman–Crippen MR) is 79.8 cm³/mol. The van der Waals surface area contributed by atoms with Crippen LogP contribution in [0.2, 0.25) is 0 Å². The van der Waals surface area contributed by atoms with Crippen LogP contribution >= 0.6 is 0 Å². The molecule has 2 amide bonds. The van der Waals surface area contributed by atoms with E-state index in [2.05, 4.69) is 12.2 Å². The van der Waals surface area contributed by atoms with Gasteiger partial charge in [-0.2, -0.15) is 0 Å². The van der Waals surface area contributed by atoms with Crippen molar-refractivity contribution >= 4 is 6.03 Å². The zero-order valence-electron chi connectivity index (χ0n) is 12.9. The first-order valence-electron chi connectivity index (χ1n) is 7.97. The standard InChI is InChI=1S/C15H29N3O2/c1-13-5-4-8-17(11-13)15(19)18(9-10-20-2)12-14-6-3-7-16-14/h13-14,16H,3-12H2,1-2H3. The lowest BCUT2D eigenvalue weighted by atomic mass is 10.0. The molecular formula is C15H29N3O2. The molecule has 2 atom stereocenters. The molecule has 0 bridgehead atoms. The molecule has 2 aliphatic rings. The average molecular weight is 283 g/mol. The van der Waals surface area contributed by atoms with E-state index < -0.39 is 0 Å². The van der Waals surface area contributed by atoms with Gasteiger partial charge in [-0.1, -0.05) is 6.92 Å². The first-order valence-corrected chi connectivity index (χ1v) is 7.97. The molecule has 2 unspecified atom stereocenters. The summed E-state index contributed by atoms with van der Waals surface area (Å²) in [6, 6.07) is 0.653. The van der Waals surface area contributed by atoms with Crippen LogP contribution in [-0.2, 0) is 4.74 Å². The summed E-state index contributed by atoms with van der Waals surface area (Å²) in [4.78, 5) is 16.7. The van der Waals surface area contributed by atoms with E-state index in [1.54, 1.807) is 7.11 Å². The van der Waals surface area contributed by atoms with Crippen molar-refractivity contribution in [2.45, 2.75) is 38.6 Å². The largest absolute Gasteiger partial charge is 0.383 e. The van der Waals surface area contributed by atoms with Gasteiger partial charge in [-0.25, -0.2) is 4.79 Å². The number of amides is 2. The second-order valence-corrected chi connectivity index (χ2v) is 6.21. The van der Waals surface area contributed by atoms with Crippen molar-refractivity contribution in [1.29, 1.82) is 0 Å². The fourth-order valence-electron chi connectivity index (χ4n) is 3.21. The summed E-state index contributed by atoms with van der Waals surface area (Å²) in [6.07, 6.45) is 4.77. The Balaban J connectivity index is 1.91. The van der Waals surface area contributed by atoms with Crippen LogP contribution in [0.25, 0.3) is 0 Å². The zero-order valence-corrected chi connectivity index (χ0v) is 12.9. The summed E-state index contributed by atoms with van der Waals surface area (Å²) < 4.78 is 5.16. The van der Waals surface area contributed by atoms with Crippen LogP contribution in [0.1, 0.15) is 32.6 Å². The number of nitrogens with one attached hydrogen (secondary N) is 1. The number of likely N-dealkylation sites (tertiary alicyclic amines) is 1. The number of carbonyl (C=O) groups is 1. The topological polar surface area (TPSA) is 44.8 Å². The van der Waals surface area contributed by atoms with E-state index >= 15 is 0 Å². The molecule has 0 aromatic rings. The first-order chi connectivity index (χ1) is 9.70. The summed E-state index contributed by atoms with van der Waals surface area (Å²) in [5.74, 6) is 0.626. The first kappa shape index (κ1) is 15.6. The minimum absolute atomic E-state index is 0.197. The van der Waals surface area contributed by atoms with Gasteiger partial charge in [0, 0.05) is 39.3 Å². The fourth-order valence-corrected chi connectivity index (χ4v) is 3.21. The normalized spacial score (nSPS) is 26.8. The average Bonchev–Trinajstić information content (AvgIpc) is 2.95. The molecule has 2 fully saturated rings. The van der Waals surface area contributed by atoms with Crippen LogP contribution in [0.4, 0.5) is 4.79 Å². The van der Waals surface area contributed by atoms with E-state index in [9.17, 15) is 4.79 Å². The van der Waals surface area contributed by atoms with Gasteiger partial charge in [-0.05, 0) is 38.1 Å². The third-order valence-electron chi connectivity index (χ3n) is 4.37. The van der Waals surface area contributed by atoms with Crippen molar-refractivity contribution in [3.8, 4) is 0 Å². The van der Waals surface area contributed by atoms with Crippen LogP contribution in [0.15, 0.2) is 0 Å². The van der Waals surface area contributed by atoms with Gasteiger partial charge in [0.05, 0.1) is 6.61 Å². The van der Waals surface area contributed by atoms with Crippen LogP contribution in [0, 0.1) is 5.92 Å². The quantitative estimate of drug-likeness (QED) is 0.832. The smallest absolute Gasteiger partial charge is 0.320 e. The van der Waals surface area contributed by atoms with E-state index in [1.807, 2.05) is 9.80 Å². The molecule has 0 spiro atoms. The molecule has 0 aromatic carbocycles. The van der Waals surface area contributed by atoms with E-state index in [4.69, 9.17) is 4.74 Å². The lowest BCUT2D eigenvalue weighted by Gasteiger charge is -2.36. The number of hydrogen-bond acceptors (Lipinski definition) is 3. The molecule has 1 N–H and O–H groups in total. The molecular weight excluding hydrogens is 254 g/mol. The van der Waals surface area contributed by atoms with Gasteiger partial charge in [0.25, 0.3) is 0 Å². The Morgan fingerprint density at radius 3 is 2.90 bits per heavy atom. The minimum Gasteiger partial charge on any atom is -0.383 e. The molecule has 2 aliphatic heterocycles. The molecule has 2 rings (SSSR count). The molecule has 2 heterocycles. The van der Waals surface area contributed by atoms with Crippen LogP contribution in [0.5, 0.6) is 0 Å². The highest BCUT2D eigenvalue weighted by atomic mass is 16.5. The van der Waals surface area contributed by atoms with E-state index in [-0.39, 0.29) is 6.03 Å². The molecule has 0 radical (unpaired) electrons. The zero-order chi connectivity index (χ0) is 14.4. The third-order valence-corrected chi connectivity index (χ3v) is 4.37. The summed E-state index contributed by atoms with van der Waals surface area (Å²) in [7, 11) is 1.69. The minimum atomic E-state index is 0.197. The summed E-state index contributed by atoms with van der Waals surface area (Å²) in [5.41, 5.74) is 0. The predicted octanol–water partition coefficient (Wildman–Crippen LogP) is 1.54. The number of ether oxygens (including phenoxy) is 1. The second kappa shape index (κ2) is 7.84. The summed E-state index contributed by atoms with van der Waals surface area (Å²) in [5, 5.41) is 3.48. The molecule has 2 saturated heterocycles. The second-order valence-electron chi connectivity index (χ2n) is 6.21. The van der Waals surface area contributed by atoms with Crippen LogP contribution < -0.4 is 5.32 Å². The van der Waals surface area contributed by atoms with E-state index in [1.165, 1.54) is 19.3 Å². The number of carbonyl (C=O) groups excluding carboxylic acids is 1. The van der Waals surface area contributed by atoms with Gasteiger partial charge >= 0.3 is 6.03 Å². The Hall–Kier alpha value is -0.810. The van der Waals surface area contributed by atoms with E-state index in [0.29, 0.717) is 25.1 Å². The van der Waals surface area contributed by atoms with Crippen LogP contribution in [0.3, 0.4) is 0 Å². The summed E-state index contributed by atoms with van der Waals surface area (Å²) in [6.45, 7) is 7.24. The molecule has 0 aliphatic carbocycles. The van der Waals surface area contributed by atoms with Gasteiger partial charge in [-0.15, -0.1) is 0 Å². The van der Waals surface area contributed by atoms with Gasteiger partial charge in [-0.3, -0.25) is 0 Å². The van der Waals surface area contributed by atoms with Crippen molar-refractivity contribution in [3.05, 3.63) is 0 Å². The number of piperidine rings is 1. The summed E-state index contributed by atoms with van der Waals surface area (Å²) >= 11 is 0. The molecule has 20 heavy (non-hydrogen) atoms. The van der Waals surface area contributed by atoms with Crippen molar-refractivity contribution in [2.24, 2.45) is 5.92 Å². The van der Waals surface area contributed by atoms with Crippen molar-refractivity contribution in [2.75, 3.05) is 46.4 Å². The number of urea groups is 1. The lowest BCUT2D eigenvalue weighted by molar-refractivity contribution is 0.108. The molecule has 5 heteroatoms. The Morgan fingerprint density at radius 2 is 2.25 bits per heavy atom. The Labute approximate surface area is 122 Å². The fraction of sp³-hybridized carbons (Fsp3) is 0.933. The molecule has 0 aromatic heterocycles. The Bertz CT molecular complexity index is 305. The monoisotopic (exact) mass is 283 g/mol. The van der Waals surface area contributed by atoms with Crippen LogP contribution in [-0.4, -0.2) is 68.3 Å². The maximum Gasteiger partial charge on any atom is 0.320 e. The van der Waals surface area contributed by atoms with Crippen molar-refractivity contribution < 1.29 is 9.53 Å². The maximum atomic E-state index is 12.7. The lowest BCUT2D eigenvalue weighted by Crippen LogP contribution is -2.51. The third kappa shape index (κ3) is 4.35. The number of nitrogens with zero attached hydrogens (tertiary/aromatic N) is 2. The van der Waals surface area contributed by atoms with Crippen molar-refractivity contribution in [3.63, 3.8) is 0 Å². The Morgan fingerprint density at radius 1 is 1.40 bits per heavy atom. The molecule has 116 valence electrons. The highest BCUT2D eigenvalue weighted by Gasteiger charge is 2.27. The highest BCUT2D eigenvalue weighted by molar-refractivity contribution is 5.74. The molecule has 5 nitrogen and oxygen atoms in total. The van der Waals surface area contributed by atoms with Gasteiger partial charge < -0.3 is 19.9 Å².